The zero-order chi connectivity index (χ0) is 28.5. The Balaban J connectivity index is 1.17. The molecule has 1 aromatic heterocycles. The fraction of sp³-hybridized carbons (Fsp3) is 0.290. The molecule has 3 aromatic carbocycles. The number of ether oxygens (including phenoxy) is 2. The van der Waals surface area contributed by atoms with Crippen molar-refractivity contribution in [2.45, 2.75) is 38.6 Å². The second-order valence-electron chi connectivity index (χ2n) is 10.3. The van der Waals surface area contributed by atoms with Crippen molar-refractivity contribution in [2.24, 2.45) is 0 Å². The lowest BCUT2D eigenvalue weighted by Crippen LogP contribution is -2.33. The summed E-state index contributed by atoms with van der Waals surface area (Å²) in [6.45, 7) is 3.11. The number of fused-ring (bicyclic) bond motifs is 1. The van der Waals surface area contributed by atoms with Crippen LogP contribution < -0.4 is 4.74 Å². The monoisotopic (exact) mass is 579 g/mol. The van der Waals surface area contributed by atoms with Gasteiger partial charge in [-0.05, 0) is 60.4 Å². The van der Waals surface area contributed by atoms with Gasteiger partial charge in [-0.2, -0.15) is 0 Å². The molecule has 2 aliphatic rings. The van der Waals surface area contributed by atoms with Gasteiger partial charge < -0.3 is 19.1 Å². The normalized spacial score (nSPS) is 17.3. The summed E-state index contributed by atoms with van der Waals surface area (Å²) in [4.78, 5) is 18.5. The first-order chi connectivity index (χ1) is 19.9. The molecule has 7 nitrogen and oxygen atoms in total. The number of benzene rings is 3. The number of aromatic nitrogens is 2. The van der Waals surface area contributed by atoms with Gasteiger partial charge in [0.25, 0.3) is 0 Å². The van der Waals surface area contributed by atoms with Gasteiger partial charge in [0.15, 0.2) is 5.82 Å². The molecule has 2 aliphatic heterocycles. The molecule has 1 saturated heterocycles. The first-order valence-corrected chi connectivity index (χ1v) is 13.8. The minimum absolute atomic E-state index is 0.0439. The topological polar surface area (TPSA) is 76.8 Å². The number of hydrogen-bond donors (Lipinski definition) is 1. The zero-order valence-electron chi connectivity index (χ0n) is 22.2. The standard InChI is InChI=1S/C31H28ClF2N3O4/c32-22-5-4-21(26(33)15-22)18-41-23-3-1-2-20(14-23)19-8-11-36(12-9-19)17-28-35-27-7-6-25(31(38)39)29(34)30(27)37(28)16-24-10-13-40-24/h1-8,14-15,24H,9-13,16-18H2,(H,38,39)/t24-/m0/s1. The Morgan fingerprint density at radius 2 is 2.02 bits per heavy atom. The second-order valence-corrected chi connectivity index (χ2v) is 10.7. The highest BCUT2D eigenvalue weighted by Gasteiger charge is 2.26. The minimum atomic E-state index is -1.31. The van der Waals surface area contributed by atoms with Gasteiger partial charge in [0.2, 0.25) is 0 Å². The molecule has 1 atom stereocenters. The lowest BCUT2D eigenvalue weighted by molar-refractivity contribution is -0.0592. The van der Waals surface area contributed by atoms with Crippen LogP contribution >= 0.6 is 11.6 Å². The van der Waals surface area contributed by atoms with Gasteiger partial charge in [0, 0.05) is 30.3 Å². The van der Waals surface area contributed by atoms with Crippen LogP contribution in [0.5, 0.6) is 5.75 Å². The Labute approximate surface area is 240 Å². The Morgan fingerprint density at radius 3 is 2.73 bits per heavy atom. The minimum Gasteiger partial charge on any atom is -0.489 e. The molecule has 0 unspecified atom stereocenters. The summed E-state index contributed by atoms with van der Waals surface area (Å²) >= 11 is 5.84. The van der Waals surface area contributed by atoms with Crippen LogP contribution in [0.2, 0.25) is 5.02 Å². The Hall–Kier alpha value is -3.79. The lowest BCUT2D eigenvalue weighted by Gasteiger charge is -2.29. The van der Waals surface area contributed by atoms with E-state index in [9.17, 15) is 14.3 Å². The molecule has 6 rings (SSSR count). The van der Waals surface area contributed by atoms with Crippen LogP contribution in [0.15, 0.2) is 60.7 Å². The number of carboxylic acids is 1. The third kappa shape index (κ3) is 5.84. The number of hydrogen-bond acceptors (Lipinski definition) is 5. The van der Waals surface area contributed by atoms with Gasteiger partial charge in [-0.25, -0.2) is 18.6 Å². The Morgan fingerprint density at radius 1 is 1.17 bits per heavy atom. The summed E-state index contributed by atoms with van der Waals surface area (Å²) in [5.41, 5.74) is 2.93. The van der Waals surface area contributed by atoms with E-state index in [1.54, 1.807) is 22.8 Å². The number of rotatable bonds is 9. The van der Waals surface area contributed by atoms with Gasteiger partial charge in [0.05, 0.1) is 30.3 Å². The molecule has 0 amide bonds. The van der Waals surface area contributed by atoms with Crippen LogP contribution in [0.3, 0.4) is 0 Å². The number of halogens is 3. The molecule has 212 valence electrons. The van der Waals surface area contributed by atoms with E-state index in [2.05, 4.69) is 16.0 Å². The van der Waals surface area contributed by atoms with E-state index >= 15 is 4.39 Å². The summed E-state index contributed by atoms with van der Waals surface area (Å²) in [5, 5.41) is 9.77. The van der Waals surface area contributed by atoms with E-state index < -0.39 is 17.6 Å². The van der Waals surface area contributed by atoms with Gasteiger partial charge in [0.1, 0.15) is 29.5 Å². The van der Waals surface area contributed by atoms with Crippen LogP contribution in [0.25, 0.3) is 16.6 Å². The molecule has 41 heavy (non-hydrogen) atoms. The van der Waals surface area contributed by atoms with E-state index in [4.69, 9.17) is 21.1 Å². The fourth-order valence-electron chi connectivity index (χ4n) is 5.25. The maximum atomic E-state index is 15.3. The maximum Gasteiger partial charge on any atom is 0.338 e. The van der Waals surface area contributed by atoms with Crippen molar-refractivity contribution in [3.05, 3.63) is 99.8 Å². The third-order valence-corrected chi connectivity index (χ3v) is 7.84. The van der Waals surface area contributed by atoms with Crippen LogP contribution in [-0.4, -0.2) is 51.3 Å². The van der Waals surface area contributed by atoms with Crippen molar-refractivity contribution in [3.63, 3.8) is 0 Å². The summed E-state index contributed by atoms with van der Waals surface area (Å²) in [6.07, 6.45) is 3.77. The van der Waals surface area contributed by atoms with Crippen molar-refractivity contribution in [3.8, 4) is 5.75 Å². The van der Waals surface area contributed by atoms with Gasteiger partial charge >= 0.3 is 5.97 Å². The van der Waals surface area contributed by atoms with E-state index in [1.807, 2.05) is 24.3 Å². The average molecular weight is 580 g/mol. The van der Waals surface area contributed by atoms with Crippen LogP contribution in [0.4, 0.5) is 8.78 Å². The molecule has 1 fully saturated rings. The first kappa shape index (κ1) is 27.4. The highest BCUT2D eigenvalue weighted by Crippen LogP contribution is 2.29. The summed E-state index contributed by atoms with van der Waals surface area (Å²) in [6, 6.07) is 15.1. The first-order valence-electron chi connectivity index (χ1n) is 13.5. The number of nitrogens with zero attached hydrogens (tertiary/aromatic N) is 3. The molecule has 1 N–H and O–H groups in total. The van der Waals surface area contributed by atoms with Crippen molar-refractivity contribution < 1.29 is 28.2 Å². The highest BCUT2D eigenvalue weighted by atomic mass is 35.5. The van der Waals surface area contributed by atoms with Gasteiger partial charge in [-0.15, -0.1) is 0 Å². The zero-order valence-corrected chi connectivity index (χ0v) is 22.9. The van der Waals surface area contributed by atoms with E-state index in [1.165, 1.54) is 17.7 Å². The van der Waals surface area contributed by atoms with Crippen LogP contribution in [0.1, 0.15) is 40.2 Å². The molecule has 0 radical (unpaired) electrons. The molecular weight excluding hydrogens is 552 g/mol. The molecule has 0 bridgehead atoms. The Kier molecular flexibility index (Phi) is 7.75. The van der Waals surface area contributed by atoms with E-state index in [0.29, 0.717) is 53.9 Å². The quantitative estimate of drug-likeness (QED) is 0.250. The predicted octanol–water partition coefficient (Wildman–Crippen LogP) is 6.32. The largest absolute Gasteiger partial charge is 0.489 e. The van der Waals surface area contributed by atoms with Gasteiger partial charge in [-0.1, -0.05) is 35.9 Å². The van der Waals surface area contributed by atoms with Crippen molar-refractivity contribution >= 4 is 34.2 Å². The van der Waals surface area contributed by atoms with Crippen molar-refractivity contribution in [1.29, 1.82) is 0 Å². The molecule has 3 heterocycles. The third-order valence-electron chi connectivity index (χ3n) is 7.61. The lowest BCUT2D eigenvalue weighted by atomic mass is 9.99. The number of carbonyl (C=O) groups is 1. The maximum absolute atomic E-state index is 15.3. The summed E-state index contributed by atoms with van der Waals surface area (Å²) in [7, 11) is 0. The van der Waals surface area contributed by atoms with Crippen molar-refractivity contribution in [2.75, 3.05) is 19.7 Å². The van der Waals surface area contributed by atoms with E-state index in [0.717, 1.165) is 24.9 Å². The van der Waals surface area contributed by atoms with Gasteiger partial charge in [-0.3, -0.25) is 4.90 Å². The molecule has 10 heteroatoms. The highest BCUT2D eigenvalue weighted by molar-refractivity contribution is 6.30. The fourth-order valence-corrected chi connectivity index (χ4v) is 5.41. The smallest absolute Gasteiger partial charge is 0.338 e. The SMILES string of the molecule is O=C(O)c1ccc2nc(CN3CC=C(c4cccc(OCc5ccc(Cl)cc5F)c4)CC3)n(C[C@@H]3CCO3)c2c1F. The number of carboxylic acid groups (broad SMARTS) is 1. The molecule has 4 aromatic rings. The predicted molar refractivity (Wildman–Crippen MR) is 151 cm³/mol. The summed E-state index contributed by atoms with van der Waals surface area (Å²) in [5.74, 6) is -1.15. The molecule has 0 spiro atoms. The summed E-state index contributed by atoms with van der Waals surface area (Å²) < 4.78 is 42.6. The number of aromatic carboxylic acids is 1. The number of imidazole rings is 1. The van der Waals surface area contributed by atoms with Crippen LogP contribution in [0, 0.1) is 11.6 Å². The molecule has 0 aliphatic carbocycles. The molecular formula is C31H28ClF2N3O4. The van der Waals surface area contributed by atoms with E-state index in [-0.39, 0.29) is 23.8 Å². The van der Waals surface area contributed by atoms with Crippen LogP contribution in [-0.2, 0) is 24.4 Å². The molecule has 0 saturated carbocycles. The average Bonchev–Trinajstić information content (AvgIpc) is 3.28. The van der Waals surface area contributed by atoms with Crippen molar-refractivity contribution in [1.82, 2.24) is 14.5 Å². The second kappa shape index (κ2) is 11.6. The Bertz CT molecular complexity index is 1650.